The molecule has 1 N–H and O–H groups in total. The van der Waals surface area contributed by atoms with Crippen molar-refractivity contribution in [1.29, 1.82) is 0 Å². The predicted octanol–water partition coefficient (Wildman–Crippen LogP) is 3.24. The van der Waals surface area contributed by atoms with Crippen LogP contribution in [0.3, 0.4) is 0 Å². The van der Waals surface area contributed by atoms with Gasteiger partial charge in [-0.05, 0) is 49.1 Å². The van der Waals surface area contributed by atoms with Gasteiger partial charge in [0.2, 0.25) is 0 Å². The van der Waals surface area contributed by atoms with E-state index in [1.807, 2.05) is 42.5 Å². The molecule has 1 fully saturated rings. The quantitative estimate of drug-likeness (QED) is 0.896. The molecule has 2 aromatic rings. The van der Waals surface area contributed by atoms with Gasteiger partial charge < -0.3 is 14.7 Å². The normalized spacial score (nSPS) is 16.1. The molecule has 3 rings (SSSR count). The van der Waals surface area contributed by atoms with Gasteiger partial charge >= 0.3 is 5.97 Å². The van der Waals surface area contributed by atoms with Gasteiger partial charge in [-0.2, -0.15) is 0 Å². The number of piperidine rings is 1. The minimum absolute atomic E-state index is 0.0333. The minimum atomic E-state index is -0.831. The number of hydrogen-bond acceptors (Lipinski definition) is 3. The minimum Gasteiger partial charge on any atom is -0.497 e. The number of methoxy groups -OCH3 is 1. The van der Waals surface area contributed by atoms with Crippen molar-refractivity contribution >= 4 is 11.9 Å². The van der Waals surface area contributed by atoms with E-state index in [0.717, 1.165) is 11.3 Å². The fraction of sp³-hybridized carbons (Fsp3) is 0.333. The number of carboxylic acid groups (broad SMARTS) is 1. The first kappa shape index (κ1) is 18.0. The van der Waals surface area contributed by atoms with E-state index in [-0.39, 0.29) is 5.91 Å². The molecule has 1 aliphatic heterocycles. The highest BCUT2D eigenvalue weighted by Gasteiger charge is 2.42. The summed E-state index contributed by atoms with van der Waals surface area (Å²) in [6.07, 6.45) is 1.36. The highest BCUT2D eigenvalue weighted by molar-refractivity contribution is 5.94. The van der Waals surface area contributed by atoms with Crippen molar-refractivity contribution in [3.05, 3.63) is 65.7 Å². The number of carbonyl (C=O) groups excluding carboxylic acids is 1. The topological polar surface area (TPSA) is 66.8 Å². The third-order valence-corrected chi connectivity index (χ3v) is 5.18. The van der Waals surface area contributed by atoms with E-state index >= 15 is 0 Å². The molecule has 1 aliphatic rings. The summed E-state index contributed by atoms with van der Waals surface area (Å²) in [6.45, 7) is 0.909. The average Bonchev–Trinajstić information content (AvgIpc) is 2.69. The lowest BCUT2D eigenvalue weighted by atomic mass is 9.73. The molecule has 0 radical (unpaired) electrons. The van der Waals surface area contributed by atoms with Gasteiger partial charge in [0.1, 0.15) is 5.75 Å². The van der Waals surface area contributed by atoms with Crippen LogP contribution >= 0.6 is 0 Å². The van der Waals surface area contributed by atoms with Gasteiger partial charge in [-0.15, -0.1) is 0 Å². The first-order valence-electron chi connectivity index (χ1n) is 8.75. The molecule has 136 valence electrons. The van der Waals surface area contributed by atoms with Crippen molar-refractivity contribution in [3.8, 4) is 5.75 Å². The van der Waals surface area contributed by atoms with Gasteiger partial charge in [-0.3, -0.25) is 9.59 Å². The molecule has 2 aromatic carbocycles. The summed E-state index contributed by atoms with van der Waals surface area (Å²) in [7, 11) is 1.60. The zero-order chi connectivity index (χ0) is 18.6. The summed E-state index contributed by atoms with van der Waals surface area (Å²) in [5, 5.41) is 9.86. The SMILES string of the molecule is COc1ccc(CC2(C(=O)O)CCN(C(=O)c3ccccc3)CC2)cc1. The Morgan fingerprint density at radius 3 is 2.19 bits per heavy atom. The number of amides is 1. The Morgan fingerprint density at radius 1 is 1.04 bits per heavy atom. The largest absolute Gasteiger partial charge is 0.497 e. The number of benzene rings is 2. The van der Waals surface area contributed by atoms with E-state index in [9.17, 15) is 14.7 Å². The number of carboxylic acids is 1. The second-order valence-corrected chi connectivity index (χ2v) is 6.77. The van der Waals surface area contributed by atoms with Crippen LogP contribution in [0.2, 0.25) is 0 Å². The summed E-state index contributed by atoms with van der Waals surface area (Å²) >= 11 is 0. The molecule has 5 heteroatoms. The van der Waals surface area contributed by atoms with Crippen LogP contribution in [0.5, 0.6) is 5.75 Å². The Bertz CT molecular complexity index is 762. The standard InChI is InChI=1S/C21H23NO4/c1-26-18-9-7-16(8-10-18)15-21(20(24)25)11-13-22(14-12-21)19(23)17-5-3-2-4-6-17/h2-10H,11-15H2,1H3,(H,24,25). The van der Waals surface area contributed by atoms with Gasteiger partial charge in [0.15, 0.2) is 0 Å². The third-order valence-electron chi connectivity index (χ3n) is 5.18. The van der Waals surface area contributed by atoms with E-state index in [4.69, 9.17) is 4.74 Å². The van der Waals surface area contributed by atoms with Crippen LogP contribution < -0.4 is 4.74 Å². The number of hydrogen-bond donors (Lipinski definition) is 1. The molecule has 0 spiro atoms. The Balaban J connectivity index is 1.70. The molecular formula is C21H23NO4. The van der Waals surface area contributed by atoms with E-state index in [0.29, 0.717) is 37.9 Å². The molecule has 0 aliphatic carbocycles. The predicted molar refractivity (Wildman–Crippen MR) is 98.3 cm³/mol. The van der Waals surface area contributed by atoms with E-state index < -0.39 is 11.4 Å². The lowest BCUT2D eigenvalue weighted by molar-refractivity contribution is -0.151. The van der Waals surface area contributed by atoms with Crippen LogP contribution in [0.25, 0.3) is 0 Å². The smallest absolute Gasteiger partial charge is 0.310 e. The number of ether oxygens (including phenoxy) is 1. The molecule has 1 heterocycles. The van der Waals surface area contributed by atoms with Crippen LogP contribution in [0, 0.1) is 5.41 Å². The fourth-order valence-electron chi connectivity index (χ4n) is 3.50. The second-order valence-electron chi connectivity index (χ2n) is 6.77. The van der Waals surface area contributed by atoms with Crippen LogP contribution in [0.1, 0.15) is 28.8 Å². The number of carbonyl (C=O) groups is 2. The van der Waals surface area contributed by atoms with Gasteiger partial charge in [0.25, 0.3) is 5.91 Å². The molecule has 0 atom stereocenters. The van der Waals surface area contributed by atoms with Gasteiger partial charge in [0.05, 0.1) is 12.5 Å². The molecule has 1 amide bonds. The van der Waals surface area contributed by atoms with Gasteiger partial charge in [-0.1, -0.05) is 30.3 Å². The Kier molecular flexibility index (Phi) is 5.26. The van der Waals surface area contributed by atoms with Crippen LogP contribution in [-0.4, -0.2) is 42.1 Å². The monoisotopic (exact) mass is 353 g/mol. The average molecular weight is 353 g/mol. The highest BCUT2D eigenvalue weighted by Crippen LogP contribution is 2.36. The lowest BCUT2D eigenvalue weighted by Crippen LogP contribution is -2.47. The number of nitrogens with zero attached hydrogens (tertiary/aromatic N) is 1. The molecule has 0 bridgehead atoms. The molecule has 0 saturated carbocycles. The molecule has 26 heavy (non-hydrogen) atoms. The lowest BCUT2D eigenvalue weighted by Gasteiger charge is -2.39. The summed E-state index contributed by atoms with van der Waals surface area (Å²) in [6, 6.07) is 16.6. The van der Waals surface area contributed by atoms with Crippen molar-refractivity contribution in [2.75, 3.05) is 20.2 Å². The fourth-order valence-corrected chi connectivity index (χ4v) is 3.50. The summed E-state index contributed by atoms with van der Waals surface area (Å²) in [5.74, 6) is -0.0735. The van der Waals surface area contributed by atoms with Crippen LogP contribution in [-0.2, 0) is 11.2 Å². The maximum absolute atomic E-state index is 12.6. The summed E-state index contributed by atoms with van der Waals surface area (Å²) in [5.41, 5.74) is 0.781. The van der Waals surface area contributed by atoms with Crippen LogP contribution in [0.15, 0.2) is 54.6 Å². The van der Waals surface area contributed by atoms with Gasteiger partial charge in [-0.25, -0.2) is 0 Å². The van der Waals surface area contributed by atoms with E-state index in [2.05, 4.69) is 0 Å². The maximum Gasteiger partial charge on any atom is 0.310 e. The zero-order valence-corrected chi connectivity index (χ0v) is 14.9. The van der Waals surface area contributed by atoms with Crippen molar-refractivity contribution in [2.45, 2.75) is 19.3 Å². The molecule has 5 nitrogen and oxygen atoms in total. The van der Waals surface area contributed by atoms with Crippen molar-refractivity contribution in [1.82, 2.24) is 4.90 Å². The maximum atomic E-state index is 12.6. The second kappa shape index (κ2) is 7.60. The number of likely N-dealkylation sites (tertiary alicyclic amines) is 1. The molecule has 0 aromatic heterocycles. The molecular weight excluding hydrogens is 330 g/mol. The first-order valence-corrected chi connectivity index (χ1v) is 8.75. The molecule has 0 unspecified atom stereocenters. The Morgan fingerprint density at radius 2 is 1.65 bits per heavy atom. The highest BCUT2D eigenvalue weighted by atomic mass is 16.5. The summed E-state index contributed by atoms with van der Waals surface area (Å²) in [4.78, 5) is 26.4. The van der Waals surface area contributed by atoms with Crippen molar-refractivity contribution < 1.29 is 19.4 Å². The van der Waals surface area contributed by atoms with Crippen molar-refractivity contribution in [2.24, 2.45) is 5.41 Å². The van der Waals surface area contributed by atoms with E-state index in [1.54, 1.807) is 24.1 Å². The molecule has 1 saturated heterocycles. The zero-order valence-electron chi connectivity index (χ0n) is 14.9. The third kappa shape index (κ3) is 3.72. The first-order chi connectivity index (χ1) is 12.5. The van der Waals surface area contributed by atoms with Crippen LogP contribution in [0.4, 0.5) is 0 Å². The number of rotatable bonds is 5. The Hall–Kier alpha value is -2.82. The number of aliphatic carboxylic acids is 1. The Labute approximate surface area is 153 Å². The summed E-state index contributed by atoms with van der Waals surface area (Å²) < 4.78 is 5.15. The van der Waals surface area contributed by atoms with Crippen molar-refractivity contribution in [3.63, 3.8) is 0 Å². The van der Waals surface area contributed by atoms with E-state index in [1.165, 1.54) is 0 Å². The van der Waals surface area contributed by atoms with Gasteiger partial charge in [0, 0.05) is 18.7 Å².